The van der Waals surface area contributed by atoms with Crippen molar-refractivity contribution in [2.75, 3.05) is 25.5 Å². The van der Waals surface area contributed by atoms with Gasteiger partial charge in [-0.15, -0.1) is 11.3 Å². The van der Waals surface area contributed by atoms with E-state index in [2.05, 4.69) is 17.4 Å². The first kappa shape index (κ1) is 23.0. The average molecular weight is 472 g/mol. The number of nitrogens with one attached hydrogen (secondary N) is 1. The van der Waals surface area contributed by atoms with Crippen LogP contribution in [0.1, 0.15) is 35.8 Å². The van der Waals surface area contributed by atoms with Gasteiger partial charge in [-0.25, -0.2) is 4.98 Å². The second kappa shape index (κ2) is 9.77. The minimum absolute atomic E-state index is 0.0208. The average Bonchev–Trinajstić information content (AvgIpc) is 3.11. The van der Waals surface area contributed by atoms with Gasteiger partial charge in [0.15, 0.2) is 5.16 Å². The van der Waals surface area contributed by atoms with E-state index in [1.165, 1.54) is 28.7 Å². The summed E-state index contributed by atoms with van der Waals surface area (Å²) >= 11 is 2.86. The van der Waals surface area contributed by atoms with Crippen LogP contribution in [-0.2, 0) is 21.5 Å². The Kier molecular flexibility index (Phi) is 7.02. The first-order valence-corrected chi connectivity index (χ1v) is 12.8. The summed E-state index contributed by atoms with van der Waals surface area (Å²) in [7, 11) is 0. The number of thiophene rings is 1. The van der Waals surface area contributed by atoms with Crippen molar-refractivity contribution in [3.8, 4) is 0 Å². The maximum Gasteiger partial charge on any atom is 0.263 e. The number of carbonyl (C=O) groups excluding carboxylic acids is 1. The van der Waals surface area contributed by atoms with Crippen molar-refractivity contribution >= 4 is 39.2 Å². The highest BCUT2D eigenvalue weighted by Gasteiger charge is 2.34. The summed E-state index contributed by atoms with van der Waals surface area (Å²) in [6.07, 6.45) is 1.77. The molecule has 1 aromatic carbocycles. The molecule has 1 amide bonds. The Labute approximate surface area is 196 Å². The monoisotopic (exact) mass is 471 g/mol. The molecule has 3 aromatic rings. The molecule has 0 radical (unpaired) electrons. The first-order valence-electron chi connectivity index (χ1n) is 11.0. The summed E-state index contributed by atoms with van der Waals surface area (Å²) in [6.45, 7) is 8.42. The molecule has 0 bridgehead atoms. The second-order valence-electron chi connectivity index (χ2n) is 8.23. The number of hydrogen-bond acceptors (Lipinski definition) is 6. The predicted molar refractivity (Wildman–Crippen MR) is 131 cm³/mol. The van der Waals surface area contributed by atoms with Gasteiger partial charge in [0, 0.05) is 36.6 Å². The van der Waals surface area contributed by atoms with Crippen LogP contribution in [0.2, 0.25) is 0 Å². The van der Waals surface area contributed by atoms with Crippen molar-refractivity contribution in [1.82, 2.24) is 14.9 Å². The molecule has 32 heavy (non-hydrogen) atoms. The second-order valence-corrected chi connectivity index (χ2v) is 10.4. The number of ether oxygens (including phenoxy) is 1. The van der Waals surface area contributed by atoms with E-state index in [9.17, 15) is 9.59 Å². The van der Waals surface area contributed by atoms with Gasteiger partial charge in [0.05, 0.1) is 11.1 Å². The van der Waals surface area contributed by atoms with Gasteiger partial charge < -0.3 is 10.1 Å². The van der Waals surface area contributed by atoms with E-state index >= 15 is 0 Å². The summed E-state index contributed by atoms with van der Waals surface area (Å²) < 4.78 is 7.25. The molecule has 6 nitrogen and oxygen atoms in total. The third-order valence-electron chi connectivity index (χ3n) is 6.36. The summed E-state index contributed by atoms with van der Waals surface area (Å²) in [4.78, 5) is 32.3. The predicted octanol–water partition coefficient (Wildman–Crippen LogP) is 4.05. The van der Waals surface area contributed by atoms with E-state index in [-0.39, 0.29) is 22.6 Å². The molecule has 170 valence electrons. The van der Waals surface area contributed by atoms with Crippen LogP contribution in [0.3, 0.4) is 0 Å². The molecule has 0 unspecified atom stereocenters. The van der Waals surface area contributed by atoms with Gasteiger partial charge in [0.2, 0.25) is 5.91 Å². The van der Waals surface area contributed by atoms with E-state index < -0.39 is 0 Å². The minimum atomic E-state index is -0.103. The van der Waals surface area contributed by atoms with Gasteiger partial charge in [-0.05, 0) is 44.7 Å². The van der Waals surface area contributed by atoms with Gasteiger partial charge >= 0.3 is 0 Å². The van der Waals surface area contributed by atoms with Gasteiger partial charge in [-0.3, -0.25) is 14.2 Å². The van der Waals surface area contributed by atoms with E-state index in [1.807, 2.05) is 39.0 Å². The Morgan fingerprint density at radius 1 is 1.25 bits per heavy atom. The lowest BCUT2D eigenvalue weighted by Crippen LogP contribution is -2.45. The molecule has 2 aromatic heterocycles. The maximum atomic E-state index is 13.0. The van der Waals surface area contributed by atoms with Crippen molar-refractivity contribution in [3.63, 3.8) is 0 Å². The van der Waals surface area contributed by atoms with Gasteiger partial charge in [-0.1, -0.05) is 42.1 Å². The molecule has 0 aliphatic carbocycles. The van der Waals surface area contributed by atoms with Crippen LogP contribution >= 0.6 is 23.1 Å². The molecule has 1 fully saturated rings. The number of hydrogen-bond donors (Lipinski definition) is 1. The maximum absolute atomic E-state index is 13.0. The Hall–Kier alpha value is -2.16. The minimum Gasteiger partial charge on any atom is -0.381 e. The van der Waals surface area contributed by atoms with E-state index in [1.54, 1.807) is 4.57 Å². The molecular weight excluding hydrogens is 442 g/mol. The molecule has 3 heterocycles. The molecule has 1 N–H and O–H groups in total. The summed E-state index contributed by atoms with van der Waals surface area (Å²) in [6, 6.07) is 10.4. The number of rotatable bonds is 7. The molecule has 0 saturated carbocycles. The SMILES string of the molecule is CCn1c(SCC(=O)NCC2(c3ccccc3)CCOCC2)nc2sc(C)c(C)c2c1=O. The summed E-state index contributed by atoms with van der Waals surface area (Å²) in [5, 5.41) is 4.44. The van der Waals surface area contributed by atoms with Crippen molar-refractivity contribution in [1.29, 1.82) is 0 Å². The number of nitrogens with zero attached hydrogens (tertiary/aromatic N) is 2. The lowest BCUT2D eigenvalue weighted by Gasteiger charge is -2.38. The van der Waals surface area contributed by atoms with Gasteiger partial charge in [-0.2, -0.15) is 0 Å². The molecule has 0 spiro atoms. The molecule has 1 aliphatic heterocycles. The number of benzene rings is 1. The van der Waals surface area contributed by atoms with Crippen LogP contribution in [0, 0.1) is 13.8 Å². The van der Waals surface area contributed by atoms with E-state index in [0.29, 0.717) is 36.8 Å². The topological polar surface area (TPSA) is 73.2 Å². The quantitative estimate of drug-likeness (QED) is 0.416. The third kappa shape index (κ3) is 4.49. The van der Waals surface area contributed by atoms with Crippen LogP contribution in [0.5, 0.6) is 0 Å². The lowest BCUT2D eigenvalue weighted by atomic mass is 9.74. The van der Waals surface area contributed by atoms with E-state index in [0.717, 1.165) is 28.1 Å². The number of thioether (sulfide) groups is 1. The molecule has 4 rings (SSSR count). The zero-order chi connectivity index (χ0) is 22.7. The number of fused-ring (bicyclic) bond motifs is 1. The Balaban J connectivity index is 1.47. The third-order valence-corrected chi connectivity index (χ3v) is 8.44. The molecule has 8 heteroatoms. The molecular formula is C24H29N3O3S2. The lowest BCUT2D eigenvalue weighted by molar-refractivity contribution is -0.119. The van der Waals surface area contributed by atoms with Gasteiger partial charge in [0.25, 0.3) is 5.56 Å². The molecule has 1 saturated heterocycles. The number of aryl methyl sites for hydroxylation is 2. The smallest absolute Gasteiger partial charge is 0.263 e. The van der Waals surface area contributed by atoms with Crippen LogP contribution in [-0.4, -0.2) is 41.0 Å². The summed E-state index contributed by atoms with van der Waals surface area (Å²) in [5.41, 5.74) is 2.12. The highest BCUT2D eigenvalue weighted by molar-refractivity contribution is 7.99. The Morgan fingerprint density at radius 3 is 2.66 bits per heavy atom. The fourth-order valence-electron chi connectivity index (χ4n) is 4.27. The zero-order valence-electron chi connectivity index (χ0n) is 18.8. The van der Waals surface area contributed by atoms with E-state index in [4.69, 9.17) is 9.72 Å². The van der Waals surface area contributed by atoms with Gasteiger partial charge in [0.1, 0.15) is 4.83 Å². The number of amides is 1. The van der Waals surface area contributed by atoms with Crippen molar-refractivity contribution < 1.29 is 9.53 Å². The number of aromatic nitrogens is 2. The summed E-state index contributed by atoms with van der Waals surface area (Å²) in [5.74, 6) is 0.176. The largest absolute Gasteiger partial charge is 0.381 e. The van der Waals surface area contributed by atoms with Crippen molar-refractivity contribution in [2.24, 2.45) is 0 Å². The standard InChI is InChI=1S/C24H29N3O3S2/c1-4-27-22(29)20-16(2)17(3)32-21(20)26-23(27)31-14-19(28)25-15-24(10-12-30-13-11-24)18-8-6-5-7-9-18/h5-9H,4,10-15H2,1-3H3,(H,25,28). The Bertz CT molecular complexity index is 1160. The van der Waals surface area contributed by atoms with Crippen molar-refractivity contribution in [2.45, 2.75) is 50.7 Å². The molecule has 0 atom stereocenters. The van der Waals surface area contributed by atoms with Crippen LogP contribution in [0.25, 0.3) is 10.2 Å². The molecule has 1 aliphatic rings. The zero-order valence-corrected chi connectivity index (χ0v) is 20.4. The fraction of sp³-hybridized carbons (Fsp3) is 0.458. The first-order chi connectivity index (χ1) is 15.4. The van der Waals surface area contributed by atoms with Crippen LogP contribution in [0.4, 0.5) is 0 Å². The number of carbonyl (C=O) groups is 1. The van der Waals surface area contributed by atoms with Crippen LogP contribution < -0.4 is 10.9 Å². The highest BCUT2D eigenvalue weighted by atomic mass is 32.2. The normalized spacial score (nSPS) is 15.7. The Morgan fingerprint density at radius 2 is 1.97 bits per heavy atom. The fourth-order valence-corrected chi connectivity index (χ4v) is 6.23. The van der Waals surface area contributed by atoms with Crippen molar-refractivity contribution in [3.05, 3.63) is 56.7 Å². The highest BCUT2D eigenvalue weighted by Crippen LogP contribution is 2.34. The van der Waals surface area contributed by atoms with Crippen LogP contribution in [0.15, 0.2) is 40.3 Å².